The third-order valence-corrected chi connectivity index (χ3v) is 8.06. The number of imide groups is 1. The molecule has 1 heterocycles. The van der Waals surface area contributed by atoms with Crippen molar-refractivity contribution < 1.29 is 28.7 Å². The van der Waals surface area contributed by atoms with E-state index in [4.69, 9.17) is 21.1 Å². The predicted octanol–water partition coefficient (Wildman–Crippen LogP) is 7.70. The molecule has 0 bridgehead atoms. The number of nitrogens with one attached hydrogen (secondary N) is 1. The molecule has 0 aliphatic carbocycles. The molecule has 1 fully saturated rings. The molecule has 0 unspecified atom stereocenters. The van der Waals surface area contributed by atoms with Crippen LogP contribution in [0.25, 0.3) is 16.8 Å². The molecule has 1 aliphatic rings. The molecular weight excluding hydrogens is 600 g/mol. The van der Waals surface area contributed by atoms with Crippen molar-refractivity contribution in [2.45, 2.75) is 26.4 Å². The average molecular weight is 629 g/mol. The second-order valence-corrected chi connectivity index (χ2v) is 11.4. The van der Waals surface area contributed by atoms with Crippen molar-refractivity contribution in [3.8, 4) is 5.75 Å². The summed E-state index contributed by atoms with van der Waals surface area (Å²) in [7, 11) is 0. The number of carbonyl (C=O) groups is 4. The summed E-state index contributed by atoms with van der Waals surface area (Å²) in [5.41, 5.74) is 2.03. The lowest BCUT2D eigenvalue weighted by Crippen LogP contribution is -2.36. The van der Waals surface area contributed by atoms with Crippen molar-refractivity contribution in [1.82, 2.24) is 4.90 Å². The van der Waals surface area contributed by atoms with Gasteiger partial charge in [0.2, 0.25) is 5.91 Å². The van der Waals surface area contributed by atoms with Gasteiger partial charge in [-0.05, 0) is 64.9 Å². The number of thioether (sulfide) groups is 1. The molecule has 4 aromatic rings. The molecule has 0 radical (unpaired) electrons. The number of benzene rings is 4. The molecular formula is C34H29ClN2O6S. The van der Waals surface area contributed by atoms with Crippen LogP contribution >= 0.6 is 23.4 Å². The van der Waals surface area contributed by atoms with Gasteiger partial charge in [-0.2, -0.15) is 0 Å². The van der Waals surface area contributed by atoms with Crippen LogP contribution in [0, 0.1) is 0 Å². The van der Waals surface area contributed by atoms with E-state index in [1.165, 1.54) is 18.2 Å². The number of unbranched alkanes of at least 4 members (excludes halogenated alkanes) is 1. The first kappa shape index (κ1) is 30.8. The maximum Gasteiger partial charge on any atom is 0.339 e. The number of esters is 1. The first-order valence-electron chi connectivity index (χ1n) is 14.0. The van der Waals surface area contributed by atoms with E-state index in [2.05, 4.69) is 5.32 Å². The van der Waals surface area contributed by atoms with Crippen LogP contribution in [0.2, 0.25) is 5.02 Å². The molecule has 4 aromatic carbocycles. The van der Waals surface area contributed by atoms with E-state index in [0.717, 1.165) is 39.4 Å². The molecule has 0 aromatic heterocycles. The zero-order valence-corrected chi connectivity index (χ0v) is 25.5. The summed E-state index contributed by atoms with van der Waals surface area (Å²) in [5, 5.41) is 4.04. The number of hydrogen-bond donors (Lipinski definition) is 1. The number of amides is 3. The number of nitrogens with zero attached hydrogens (tertiary/aromatic N) is 1. The van der Waals surface area contributed by atoms with Crippen LogP contribution in [-0.4, -0.2) is 41.1 Å². The highest BCUT2D eigenvalue weighted by molar-refractivity contribution is 8.18. The molecule has 0 saturated carbocycles. The summed E-state index contributed by atoms with van der Waals surface area (Å²) in [6.07, 6.45) is 3.22. The lowest BCUT2D eigenvalue weighted by atomic mass is 10.0. The smallest absolute Gasteiger partial charge is 0.339 e. The van der Waals surface area contributed by atoms with E-state index in [9.17, 15) is 19.2 Å². The number of carbonyl (C=O) groups excluding carboxylic acids is 4. The summed E-state index contributed by atoms with van der Waals surface area (Å²) >= 11 is 6.93. The second kappa shape index (κ2) is 14.2. The maximum absolute atomic E-state index is 13.4. The Labute approximate surface area is 264 Å². The van der Waals surface area contributed by atoms with Crippen LogP contribution in [0.15, 0.2) is 89.8 Å². The summed E-state index contributed by atoms with van der Waals surface area (Å²) < 4.78 is 11.4. The van der Waals surface area contributed by atoms with Crippen molar-refractivity contribution in [3.63, 3.8) is 0 Å². The Hall–Kier alpha value is -4.60. The number of fused-ring (bicyclic) bond motifs is 1. The van der Waals surface area contributed by atoms with E-state index in [1.807, 2.05) is 73.7 Å². The Balaban J connectivity index is 1.32. The van der Waals surface area contributed by atoms with Crippen molar-refractivity contribution in [1.29, 1.82) is 0 Å². The van der Waals surface area contributed by atoms with Gasteiger partial charge < -0.3 is 14.8 Å². The number of rotatable bonds is 11. The summed E-state index contributed by atoms with van der Waals surface area (Å²) in [5.74, 6) is -1.24. The van der Waals surface area contributed by atoms with Gasteiger partial charge in [0.1, 0.15) is 18.9 Å². The molecule has 0 spiro atoms. The molecule has 1 aliphatic heterocycles. The highest BCUT2D eigenvalue weighted by Crippen LogP contribution is 2.37. The molecule has 1 saturated heterocycles. The third kappa shape index (κ3) is 7.30. The maximum atomic E-state index is 13.4. The van der Waals surface area contributed by atoms with Gasteiger partial charge in [-0.15, -0.1) is 0 Å². The van der Waals surface area contributed by atoms with Crippen molar-refractivity contribution >= 4 is 68.9 Å². The number of halogens is 1. The Morgan fingerprint density at radius 3 is 2.55 bits per heavy atom. The van der Waals surface area contributed by atoms with Gasteiger partial charge in [-0.3, -0.25) is 19.3 Å². The Morgan fingerprint density at radius 2 is 1.75 bits per heavy atom. The molecule has 0 atom stereocenters. The normalized spacial score (nSPS) is 13.9. The fourth-order valence-corrected chi connectivity index (χ4v) is 5.56. The first-order valence-corrected chi connectivity index (χ1v) is 15.2. The molecule has 1 N–H and O–H groups in total. The van der Waals surface area contributed by atoms with E-state index in [1.54, 1.807) is 6.08 Å². The SMILES string of the molecule is CCCCOC(=O)c1cc(NC(=O)CN2C(=O)S/C(=C/c3c(OCc4ccccc4)ccc4ccccc34)C2=O)ccc1Cl. The van der Waals surface area contributed by atoms with Crippen molar-refractivity contribution in [2.75, 3.05) is 18.5 Å². The highest BCUT2D eigenvalue weighted by Gasteiger charge is 2.36. The van der Waals surface area contributed by atoms with E-state index in [-0.39, 0.29) is 27.8 Å². The van der Waals surface area contributed by atoms with E-state index in [0.29, 0.717) is 24.3 Å². The zero-order chi connectivity index (χ0) is 31.1. The van der Waals surface area contributed by atoms with Gasteiger partial charge in [-0.25, -0.2) is 4.79 Å². The largest absolute Gasteiger partial charge is 0.488 e. The molecule has 3 amide bonds. The fraction of sp³-hybridized carbons (Fsp3) is 0.176. The fourth-order valence-electron chi connectivity index (χ4n) is 4.54. The molecule has 224 valence electrons. The van der Waals surface area contributed by atoms with Crippen molar-refractivity contribution in [2.24, 2.45) is 0 Å². The quantitative estimate of drug-likeness (QED) is 0.103. The van der Waals surface area contributed by atoms with Gasteiger partial charge in [0.05, 0.1) is 22.1 Å². The molecule has 5 rings (SSSR count). The minimum atomic E-state index is -0.613. The van der Waals surface area contributed by atoms with Gasteiger partial charge in [0.25, 0.3) is 11.1 Å². The summed E-state index contributed by atoms with van der Waals surface area (Å²) in [6, 6.07) is 25.6. The van der Waals surface area contributed by atoms with Crippen LogP contribution in [0.3, 0.4) is 0 Å². The van der Waals surface area contributed by atoms with Crippen LogP contribution in [-0.2, 0) is 20.9 Å². The van der Waals surface area contributed by atoms with Gasteiger partial charge in [0, 0.05) is 11.3 Å². The average Bonchev–Trinajstić information content (AvgIpc) is 3.29. The minimum absolute atomic E-state index is 0.107. The van der Waals surface area contributed by atoms with Gasteiger partial charge in [0.15, 0.2) is 0 Å². The van der Waals surface area contributed by atoms with Gasteiger partial charge in [-0.1, -0.05) is 85.6 Å². The second-order valence-electron chi connectivity index (χ2n) is 9.97. The molecule has 44 heavy (non-hydrogen) atoms. The first-order chi connectivity index (χ1) is 21.3. The molecule has 10 heteroatoms. The zero-order valence-electron chi connectivity index (χ0n) is 23.9. The van der Waals surface area contributed by atoms with E-state index < -0.39 is 29.6 Å². The Morgan fingerprint density at radius 1 is 0.977 bits per heavy atom. The van der Waals surface area contributed by atoms with Crippen LogP contribution in [0.5, 0.6) is 5.75 Å². The standard InChI is InChI=1S/C34H29ClN2O6S/c1-2-3-17-42-33(40)27-18-24(14-15-28(27)35)36-31(38)20-37-32(39)30(44-34(37)41)19-26-25-12-8-7-11-23(25)13-16-29(26)43-21-22-9-5-4-6-10-22/h4-16,18-19H,2-3,17,20-21H2,1H3,(H,36,38)/b30-19+. The van der Waals surface area contributed by atoms with Crippen LogP contribution < -0.4 is 10.1 Å². The lowest BCUT2D eigenvalue weighted by Gasteiger charge is -2.14. The summed E-state index contributed by atoms with van der Waals surface area (Å²) in [4.78, 5) is 52.6. The van der Waals surface area contributed by atoms with Crippen LogP contribution in [0.4, 0.5) is 10.5 Å². The van der Waals surface area contributed by atoms with Crippen LogP contribution in [0.1, 0.15) is 41.3 Å². The monoisotopic (exact) mass is 628 g/mol. The minimum Gasteiger partial charge on any atom is -0.488 e. The number of ether oxygens (including phenoxy) is 2. The Bertz CT molecular complexity index is 1760. The predicted molar refractivity (Wildman–Crippen MR) is 173 cm³/mol. The number of hydrogen-bond acceptors (Lipinski definition) is 7. The third-order valence-electron chi connectivity index (χ3n) is 6.82. The van der Waals surface area contributed by atoms with Crippen molar-refractivity contribution in [3.05, 3.63) is 112 Å². The number of anilines is 1. The topological polar surface area (TPSA) is 102 Å². The Kier molecular flexibility index (Phi) is 9.99. The highest BCUT2D eigenvalue weighted by atomic mass is 35.5. The summed E-state index contributed by atoms with van der Waals surface area (Å²) in [6.45, 7) is 2.05. The van der Waals surface area contributed by atoms with Gasteiger partial charge >= 0.3 is 5.97 Å². The van der Waals surface area contributed by atoms with E-state index >= 15 is 0 Å². The molecule has 8 nitrogen and oxygen atoms in total. The lowest BCUT2D eigenvalue weighted by molar-refractivity contribution is -0.127.